The zero-order valence-corrected chi connectivity index (χ0v) is 23.5. The van der Waals surface area contributed by atoms with Crippen molar-refractivity contribution in [2.24, 2.45) is 0 Å². The van der Waals surface area contributed by atoms with E-state index in [2.05, 4.69) is 83.1 Å². The second-order valence-electron chi connectivity index (χ2n) is 9.52. The van der Waals surface area contributed by atoms with E-state index in [1.165, 1.54) is 10.4 Å². The van der Waals surface area contributed by atoms with Crippen LogP contribution in [0.15, 0.2) is 60.7 Å². The van der Waals surface area contributed by atoms with Gasteiger partial charge in [-0.2, -0.15) is 0 Å². The Hall–Kier alpha value is -0.763. The van der Waals surface area contributed by atoms with Gasteiger partial charge < -0.3 is 14.6 Å². The first-order chi connectivity index (χ1) is 15.8. The van der Waals surface area contributed by atoms with Crippen LogP contribution in [0, 0.1) is 0 Å². The predicted octanol–water partition coefficient (Wildman–Crippen LogP) is 5.29. The fraction of sp³-hybridized carbons (Fsp3) is 0.556. The summed E-state index contributed by atoms with van der Waals surface area (Å²) in [5.74, 6) is 2.14. The number of thioether (sulfide) groups is 2. The molecule has 0 saturated heterocycles. The summed E-state index contributed by atoms with van der Waals surface area (Å²) in [7, 11) is -2.72. The van der Waals surface area contributed by atoms with Crippen molar-refractivity contribution in [3.05, 3.63) is 60.7 Å². The van der Waals surface area contributed by atoms with Crippen LogP contribution in [0.5, 0.6) is 0 Å². The van der Waals surface area contributed by atoms with E-state index in [4.69, 9.17) is 4.43 Å². The summed E-state index contributed by atoms with van der Waals surface area (Å²) in [6.45, 7) is 11.1. The van der Waals surface area contributed by atoms with Crippen molar-refractivity contribution < 1.29 is 14.6 Å². The number of hydrogen-bond acceptors (Lipinski definition) is 5. The van der Waals surface area contributed by atoms with Gasteiger partial charge in [-0.3, -0.25) is 0 Å². The SMILES string of the molecule is CCCSC(C[C@H](O)[C@H](O)CO[Si](c1ccccc1)(c1ccccc1)C(C)(C)C)SCCC. The summed E-state index contributed by atoms with van der Waals surface area (Å²) in [6.07, 6.45) is 1.08. The summed E-state index contributed by atoms with van der Waals surface area (Å²) in [4.78, 5) is 0. The first-order valence-corrected chi connectivity index (χ1v) is 16.1. The summed E-state index contributed by atoms with van der Waals surface area (Å²) in [5, 5.41) is 24.1. The number of rotatable bonds is 14. The maximum atomic E-state index is 11.0. The van der Waals surface area contributed by atoms with Crippen LogP contribution in [0.2, 0.25) is 5.04 Å². The van der Waals surface area contributed by atoms with Gasteiger partial charge in [0.25, 0.3) is 8.32 Å². The van der Waals surface area contributed by atoms with Gasteiger partial charge in [-0.15, -0.1) is 23.5 Å². The highest BCUT2D eigenvalue weighted by atomic mass is 32.2. The standard InChI is InChI=1S/C27H42O3S2Si/c1-6-18-31-26(32-19-7-2)20-24(28)25(29)21-30-33(27(3,4)5,22-14-10-8-11-15-22)23-16-12-9-13-17-23/h8-17,24-26,28-29H,6-7,18-21H2,1-5H3/t24-,25+/m0/s1. The van der Waals surface area contributed by atoms with Gasteiger partial charge in [0.15, 0.2) is 0 Å². The molecule has 0 bridgehead atoms. The number of hydrogen-bond donors (Lipinski definition) is 2. The molecule has 6 heteroatoms. The molecule has 0 saturated carbocycles. The minimum Gasteiger partial charge on any atom is -0.405 e. The quantitative estimate of drug-likeness (QED) is 0.269. The van der Waals surface area contributed by atoms with Crippen LogP contribution < -0.4 is 10.4 Å². The zero-order valence-electron chi connectivity index (χ0n) is 20.9. The maximum Gasteiger partial charge on any atom is 0.261 e. The average Bonchev–Trinajstić information content (AvgIpc) is 2.81. The predicted molar refractivity (Wildman–Crippen MR) is 149 cm³/mol. The normalized spacial score (nSPS) is 14.4. The third kappa shape index (κ3) is 7.87. The van der Waals surface area contributed by atoms with Crippen LogP contribution in [0.1, 0.15) is 53.9 Å². The summed E-state index contributed by atoms with van der Waals surface area (Å²) in [6, 6.07) is 20.9. The van der Waals surface area contributed by atoms with Crippen molar-refractivity contribution in [3.8, 4) is 0 Å². The lowest BCUT2D eigenvalue weighted by Crippen LogP contribution is -2.67. The van der Waals surface area contributed by atoms with E-state index in [0.717, 1.165) is 24.3 Å². The molecule has 0 radical (unpaired) electrons. The van der Waals surface area contributed by atoms with Crippen molar-refractivity contribution in [1.29, 1.82) is 0 Å². The minimum absolute atomic E-state index is 0.123. The number of benzene rings is 2. The van der Waals surface area contributed by atoms with Gasteiger partial charge in [0.05, 0.1) is 17.3 Å². The molecular formula is C27H42O3S2Si. The van der Waals surface area contributed by atoms with Gasteiger partial charge in [-0.05, 0) is 46.2 Å². The van der Waals surface area contributed by atoms with Gasteiger partial charge >= 0.3 is 0 Å². The fourth-order valence-electron chi connectivity index (χ4n) is 4.12. The van der Waals surface area contributed by atoms with Gasteiger partial charge in [0, 0.05) is 0 Å². The zero-order chi connectivity index (χ0) is 24.3. The minimum atomic E-state index is -2.72. The Morgan fingerprint density at radius 3 is 1.64 bits per heavy atom. The molecule has 2 atom stereocenters. The number of aliphatic hydroxyl groups excluding tert-OH is 2. The lowest BCUT2D eigenvalue weighted by atomic mass is 10.2. The molecule has 33 heavy (non-hydrogen) atoms. The smallest absolute Gasteiger partial charge is 0.261 e. The molecule has 3 nitrogen and oxygen atoms in total. The summed E-state index contributed by atoms with van der Waals surface area (Å²) < 4.78 is 7.10. The maximum absolute atomic E-state index is 11.0. The Bertz CT molecular complexity index is 735. The molecule has 2 aromatic rings. The van der Waals surface area contributed by atoms with Crippen molar-refractivity contribution in [2.75, 3.05) is 18.1 Å². The monoisotopic (exact) mass is 506 g/mol. The Morgan fingerprint density at radius 1 is 0.788 bits per heavy atom. The third-order valence-corrected chi connectivity index (χ3v) is 14.0. The summed E-state index contributed by atoms with van der Waals surface area (Å²) in [5.41, 5.74) is 0. The molecule has 0 aliphatic carbocycles. The lowest BCUT2D eigenvalue weighted by Gasteiger charge is -2.43. The first-order valence-electron chi connectivity index (χ1n) is 12.1. The summed E-state index contributed by atoms with van der Waals surface area (Å²) >= 11 is 3.78. The Labute approximate surface area is 210 Å². The van der Waals surface area contributed by atoms with Crippen molar-refractivity contribution in [3.63, 3.8) is 0 Å². The highest BCUT2D eigenvalue weighted by molar-refractivity contribution is 8.17. The van der Waals surface area contributed by atoms with E-state index in [1.54, 1.807) is 0 Å². The van der Waals surface area contributed by atoms with E-state index in [9.17, 15) is 10.2 Å². The Balaban J connectivity index is 2.25. The largest absolute Gasteiger partial charge is 0.405 e. The number of aliphatic hydroxyl groups is 2. The van der Waals surface area contributed by atoms with Crippen LogP contribution in [-0.2, 0) is 4.43 Å². The third-order valence-electron chi connectivity index (χ3n) is 5.78. The molecule has 0 fully saturated rings. The topological polar surface area (TPSA) is 49.7 Å². The molecular weight excluding hydrogens is 465 g/mol. The van der Waals surface area contributed by atoms with E-state index in [0.29, 0.717) is 11.0 Å². The molecule has 0 unspecified atom stereocenters. The second-order valence-corrected chi connectivity index (χ2v) is 16.7. The van der Waals surface area contributed by atoms with Crippen LogP contribution in [0.3, 0.4) is 0 Å². The molecule has 0 amide bonds. The highest BCUT2D eigenvalue weighted by Crippen LogP contribution is 2.37. The Morgan fingerprint density at radius 2 is 1.24 bits per heavy atom. The molecule has 0 aromatic heterocycles. The second kappa shape index (κ2) is 14.0. The fourth-order valence-corrected chi connectivity index (χ4v) is 11.3. The van der Waals surface area contributed by atoms with Gasteiger partial charge in [-0.1, -0.05) is 95.3 Å². The van der Waals surface area contributed by atoms with E-state index in [-0.39, 0.29) is 11.6 Å². The van der Waals surface area contributed by atoms with Crippen LogP contribution in [0.4, 0.5) is 0 Å². The highest BCUT2D eigenvalue weighted by Gasteiger charge is 2.50. The van der Waals surface area contributed by atoms with Gasteiger partial charge in [-0.25, -0.2) is 0 Å². The van der Waals surface area contributed by atoms with Crippen molar-refractivity contribution in [2.45, 2.75) is 75.7 Å². The molecule has 0 aliphatic heterocycles. The molecule has 0 aliphatic rings. The van der Waals surface area contributed by atoms with E-state index < -0.39 is 20.5 Å². The molecule has 0 spiro atoms. The van der Waals surface area contributed by atoms with E-state index in [1.807, 2.05) is 35.7 Å². The van der Waals surface area contributed by atoms with Crippen LogP contribution in [0.25, 0.3) is 0 Å². The van der Waals surface area contributed by atoms with Gasteiger partial charge in [0.2, 0.25) is 0 Å². The first kappa shape index (κ1) is 28.5. The molecule has 2 N–H and O–H groups in total. The van der Waals surface area contributed by atoms with E-state index >= 15 is 0 Å². The average molecular weight is 507 g/mol. The van der Waals surface area contributed by atoms with Crippen molar-refractivity contribution >= 4 is 42.2 Å². The van der Waals surface area contributed by atoms with Gasteiger partial charge in [0.1, 0.15) is 6.10 Å². The Kier molecular flexibility index (Phi) is 12.0. The lowest BCUT2D eigenvalue weighted by molar-refractivity contribution is -0.0115. The molecule has 184 valence electrons. The molecule has 2 rings (SSSR count). The van der Waals surface area contributed by atoms with Crippen molar-refractivity contribution in [1.82, 2.24) is 0 Å². The molecule has 0 heterocycles. The van der Waals surface area contributed by atoms with Crippen LogP contribution in [-0.4, -0.2) is 53.4 Å². The van der Waals surface area contributed by atoms with Crippen LogP contribution >= 0.6 is 23.5 Å². The molecule has 2 aromatic carbocycles.